The number of phosphoric acid groups is 1. The predicted molar refractivity (Wildman–Crippen MR) is 49.6 cm³/mol. The first-order valence-electron chi connectivity index (χ1n) is 4.24. The highest BCUT2D eigenvalue weighted by Crippen LogP contribution is 2.34. The van der Waals surface area contributed by atoms with Gasteiger partial charge < -0.3 is 4.52 Å². The molecule has 1 atom stereocenters. The highest BCUT2D eigenvalue weighted by Gasteiger charge is 2.12. The largest absolute Gasteiger partial charge is 0.533 e. The monoisotopic (exact) mass is 206 g/mol. The summed E-state index contributed by atoms with van der Waals surface area (Å²) in [6.07, 6.45) is 4.84. The molecule has 0 aliphatic rings. The normalized spacial score (nSPS) is 12.9. The van der Waals surface area contributed by atoms with Crippen molar-refractivity contribution in [2.45, 2.75) is 33.1 Å². The molecule has 0 aliphatic carbocycles. The van der Waals surface area contributed by atoms with Crippen molar-refractivity contribution in [1.29, 1.82) is 0 Å². The molecule has 0 fully saturated rings. The molecule has 0 aromatic carbocycles. The zero-order valence-corrected chi connectivity index (χ0v) is 8.75. The van der Waals surface area contributed by atoms with Crippen LogP contribution in [0.1, 0.15) is 33.1 Å². The standard InChI is InChI=1S/C8H15O4P/c1-3-5-8(4-2)6-7-12-13(9,10)11/h8H,3-5H2,1-2H3,(H2,9,10,11). The third-order valence-corrected chi connectivity index (χ3v) is 1.89. The van der Waals surface area contributed by atoms with Crippen LogP contribution in [-0.4, -0.2) is 9.79 Å². The molecule has 0 spiro atoms. The van der Waals surface area contributed by atoms with Crippen molar-refractivity contribution in [3.63, 3.8) is 0 Å². The van der Waals surface area contributed by atoms with E-state index in [1.165, 1.54) is 0 Å². The number of rotatable bonds is 4. The van der Waals surface area contributed by atoms with E-state index in [1.807, 2.05) is 20.0 Å². The molecule has 13 heavy (non-hydrogen) atoms. The van der Waals surface area contributed by atoms with Crippen LogP contribution in [0.25, 0.3) is 0 Å². The molecule has 0 aromatic heterocycles. The molecular formula is C8H15O4P. The van der Waals surface area contributed by atoms with Crippen LogP contribution in [0.3, 0.4) is 0 Å². The average Bonchev–Trinajstić information content (AvgIpc) is 2.01. The van der Waals surface area contributed by atoms with Crippen LogP contribution in [-0.2, 0) is 9.09 Å². The Morgan fingerprint density at radius 1 is 1.46 bits per heavy atom. The van der Waals surface area contributed by atoms with Crippen LogP contribution in [0.15, 0.2) is 0 Å². The van der Waals surface area contributed by atoms with Gasteiger partial charge in [-0.15, -0.1) is 0 Å². The van der Waals surface area contributed by atoms with Crippen molar-refractivity contribution in [1.82, 2.24) is 0 Å². The molecule has 0 heterocycles. The molecular weight excluding hydrogens is 191 g/mol. The van der Waals surface area contributed by atoms with Gasteiger partial charge in [-0.25, -0.2) is 4.57 Å². The third kappa shape index (κ3) is 7.86. The maximum atomic E-state index is 10.2. The molecule has 0 amide bonds. The maximum absolute atomic E-state index is 10.2. The second-order valence-corrected chi connectivity index (χ2v) is 3.89. The summed E-state index contributed by atoms with van der Waals surface area (Å²) in [5.74, 6) is 2.83. The van der Waals surface area contributed by atoms with Crippen molar-refractivity contribution < 1.29 is 18.9 Å². The molecule has 5 heteroatoms. The van der Waals surface area contributed by atoms with Gasteiger partial charge in [0.05, 0.1) is 0 Å². The van der Waals surface area contributed by atoms with Gasteiger partial charge in [0.2, 0.25) is 0 Å². The van der Waals surface area contributed by atoms with Gasteiger partial charge in [-0.05, 0) is 12.8 Å². The van der Waals surface area contributed by atoms with Crippen molar-refractivity contribution in [2.75, 3.05) is 0 Å². The fourth-order valence-electron chi connectivity index (χ4n) is 0.896. The molecule has 0 saturated carbocycles. The van der Waals surface area contributed by atoms with Crippen LogP contribution >= 0.6 is 7.82 Å². The molecule has 4 nitrogen and oxygen atoms in total. The molecule has 0 saturated heterocycles. The van der Waals surface area contributed by atoms with Gasteiger partial charge in [-0.1, -0.05) is 26.2 Å². The Balaban J connectivity index is 3.98. The average molecular weight is 206 g/mol. The SMILES string of the molecule is CCCC(C#COP(=O)(O)O)CC. The summed E-state index contributed by atoms with van der Waals surface area (Å²) in [6, 6.07) is 0. The van der Waals surface area contributed by atoms with Crippen LogP contribution in [0.2, 0.25) is 0 Å². The van der Waals surface area contributed by atoms with Crippen molar-refractivity contribution >= 4 is 7.82 Å². The van der Waals surface area contributed by atoms with Crippen LogP contribution < -0.4 is 0 Å². The molecule has 0 bridgehead atoms. The maximum Gasteiger partial charge on any atom is 0.533 e. The summed E-state index contributed by atoms with van der Waals surface area (Å²) in [5, 5.41) is 0. The lowest BCUT2D eigenvalue weighted by Gasteiger charge is -2.03. The van der Waals surface area contributed by atoms with E-state index >= 15 is 0 Å². The van der Waals surface area contributed by atoms with Crippen molar-refractivity contribution in [3.8, 4) is 12.0 Å². The lowest BCUT2D eigenvalue weighted by Crippen LogP contribution is -1.93. The van der Waals surface area contributed by atoms with Crippen LogP contribution in [0.4, 0.5) is 0 Å². The predicted octanol–water partition coefficient (Wildman–Crippen LogP) is 1.88. The molecule has 76 valence electrons. The fourth-order valence-corrected chi connectivity index (χ4v) is 1.07. The Morgan fingerprint density at radius 3 is 2.46 bits per heavy atom. The van der Waals surface area contributed by atoms with Gasteiger partial charge in [0.25, 0.3) is 0 Å². The first kappa shape index (κ1) is 12.5. The zero-order chi connectivity index (χ0) is 10.3. The molecule has 0 rings (SSSR count). The quantitative estimate of drug-likeness (QED) is 0.544. The van der Waals surface area contributed by atoms with Crippen LogP contribution in [0.5, 0.6) is 0 Å². The molecule has 0 aliphatic heterocycles. The zero-order valence-electron chi connectivity index (χ0n) is 7.86. The Hall–Kier alpha value is -0.490. The van der Waals surface area contributed by atoms with E-state index in [0.717, 1.165) is 19.3 Å². The first-order chi connectivity index (χ1) is 5.99. The summed E-state index contributed by atoms with van der Waals surface area (Å²) >= 11 is 0. The van der Waals surface area contributed by atoms with E-state index in [1.54, 1.807) is 0 Å². The molecule has 0 radical (unpaired) electrons. The summed E-state index contributed by atoms with van der Waals surface area (Å²) in [7, 11) is -4.42. The molecule has 1 unspecified atom stereocenters. The van der Waals surface area contributed by atoms with Gasteiger partial charge >= 0.3 is 7.82 Å². The summed E-state index contributed by atoms with van der Waals surface area (Å²) in [5.41, 5.74) is 0. The summed E-state index contributed by atoms with van der Waals surface area (Å²) < 4.78 is 14.2. The number of hydrogen-bond donors (Lipinski definition) is 2. The second-order valence-electron chi connectivity index (χ2n) is 2.72. The van der Waals surface area contributed by atoms with E-state index in [0.29, 0.717) is 0 Å². The highest BCUT2D eigenvalue weighted by molar-refractivity contribution is 7.46. The van der Waals surface area contributed by atoms with Gasteiger partial charge in [0.15, 0.2) is 0 Å². The van der Waals surface area contributed by atoms with Crippen LogP contribution in [0, 0.1) is 17.9 Å². The van der Waals surface area contributed by atoms with Gasteiger partial charge in [0.1, 0.15) is 6.11 Å². The van der Waals surface area contributed by atoms with E-state index in [2.05, 4.69) is 10.4 Å². The Morgan fingerprint density at radius 2 is 2.08 bits per heavy atom. The Bertz CT molecular complexity index is 234. The fraction of sp³-hybridized carbons (Fsp3) is 0.750. The smallest absolute Gasteiger partial charge is 0.350 e. The summed E-state index contributed by atoms with van der Waals surface area (Å²) in [4.78, 5) is 16.6. The minimum atomic E-state index is -4.42. The van der Waals surface area contributed by atoms with E-state index in [4.69, 9.17) is 9.79 Å². The topological polar surface area (TPSA) is 66.8 Å². The minimum Gasteiger partial charge on any atom is -0.350 e. The first-order valence-corrected chi connectivity index (χ1v) is 5.77. The van der Waals surface area contributed by atoms with Gasteiger partial charge in [-0.2, -0.15) is 0 Å². The number of hydrogen-bond acceptors (Lipinski definition) is 2. The molecule has 0 aromatic rings. The lowest BCUT2D eigenvalue weighted by atomic mass is 10.0. The van der Waals surface area contributed by atoms with Crippen molar-refractivity contribution in [2.24, 2.45) is 5.92 Å². The van der Waals surface area contributed by atoms with Gasteiger partial charge in [0, 0.05) is 5.92 Å². The highest BCUT2D eigenvalue weighted by atomic mass is 31.2. The number of phosphoric ester groups is 1. The Kier molecular flexibility index (Phi) is 5.81. The van der Waals surface area contributed by atoms with E-state index < -0.39 is 7.82 Å². The third-order valence-electron chi connectivity index (χ3n) is 1.56. The molecule has 2 N–H and O–H groups in total. The second kappa shape index (κ2) is 6.04. The Labute approximate surface area is 78.5 Å². The summed E-state index contributed by atoms with van der Waals surface area (Å²) in [6.45, 7) is 4.01. The van der Waals surface area contributed by atoms with Crippen molar-refractivity contribution in [3.05, 3.63) is 0 Å². The lowest BCUT2D eigenvalue weighted by molar-refractivity contribution is 0.269. The van der Waals surface area contributed by atoms with Gasteiger partial charge in [-0.3, -0.25) is 9.79 Å². The minimum absolute atomic E-state index is 0.163. The van der Waals surface area contributed by atoms with E-state index in [-0.39, 0.29) is 5.92 Å². The van der Waals surface area contributed by atoms with E-state index in [9.17, 15) is 4.57 Å².